The molecule has 0 N–H and O–H groups in total. The van der Waals surface area contributed by atoms with Crippen molar-refractivity contribution in [2.24, 2.45) is 0 Å². The van der Waals surface area contributed by atoms with Crippen molar-refractivity contribution in [3.05, 3.63) is 11.9 Å². The number of hydrogen-bond acceptors (Lipinski definition) is 4. The van der Waals surface area contributed by atoms with Gasteiger partial charge < -0.3 is 4.90 Å². The Labute approximate surface area is 62.8 Å². The van der Waals surface area contributed by atoms with E-state index in [0.29, 0.717) is 5.69 Å². The minimum Gasteiger partial charge on any atom is -0.343 e. The fraction of sp³-hybridized carbons (Fsp3) is 0.400. The maximum atomic E-state index is 11.0. The van der Waals surface area contributed by atoms with E-state index < -0.39 is 0 Å². The Balaban J connectivity index is 2.78. The third kappa shape index (κ3) is 1.30. The van der Waals surface area contributed by atoms with Crippen molar-refractivity contribution in [2.75, 3.05) is 14.1 Å². The zero-order chi connectivity index (χ0) is 7.56. The molecule has 0 saturated heterocycles. The largest absolute Gasteiger partial charge is 0.343 e. The molecule has 1 aromatic heterocycles. The highest BCUT2D eigenvalue weighted by Gasteiger charge is 2.09. The predicted molar refractivity (Wildman–Crippen MR) is 37.9 cm³/mol. The van der Waals surface area contributed by atoms with E-state index >= 15 is 0 Å². The topological polar surface area (TPSA) is 46.1 Å². The number of carbonyl (C=O) groups excluding carboxylic acids is 1. The van der Waals surface area contributed by atoms with Gasteiger partial charge in [-0.25, -0.2) is 0 Å². The van der Waals surface area contributed by atoms with Gasteiger partial charge in [-0.1, -0.05) is 0 Å². The number of rotatable bonds is 1. The van der Waals surface area contributed by atoms with Gasteiger partial charge in [0.05, 0.1) is 17.9 Å². The van der Waals surface area contributed by atoms with Gasteiger partial charge in [-0.2, -0.15) is 8.75 Å². The molecule has 10 heavy (non-hydrogen) atoms. The lowest BCUT2D eigenvalue weighted by Crippen LogP contribution is -2.21. The highest BCUT2D eigenvalue weighted by molar-refractivity contribution is 6.99. The normalized spacial score (nSPS) is 9.40. The van der Waals surface area contributed by atoms with E-state index in [1.54, 1.807) is 14.1 Å². The molecule has 0 aromatic carbocycles. The summed E-state index contributed by atoms with van der Waals surface area (Å²) in [7, 11) is 3.36. The van der Waals surface area contributed by atoms with Crippen molar-refractivity contribution in [1.82, 2.24) is 13.6 Å². The van der Waals surface area contributed by atoms with Crippen molar-refractivity contribution >= 4 is 17.6 Å². The average Bonchev–Trinajstić information content (AvgIpc) is 2.36. The Morgan fingerprint density at radius 1 is 1.70 bits per heavy atom. The van der Waals surface area contributed by atoms with Gasteiger partial charge in [0.25, 0.3) is 5.91 Å². The lowest BCUT2D eigenvalue weighted by molar-refractivity contribution is 0.0823. The second-order valence-electron chi connectivity index (χ2n) is 1.99. The Morgan fingerprint density at radius 3 is 2.80 bits per heavy atom. The van der Waals surface area contributed by atoms with Crippen LogP contribution >= 0.6 is 11.7 Å². The van der Waals surface area contributed by atoms with Crippen LogP contribution in [0.4, 0.5) is 0 Å². The van der Waals surface area contributed by atoms with Gasteiger partial charge in [0, 0.05) is 14.1 Å². The van der Waals surface area contributed by atoms with Gasteiger partial charge >= 0.3 is 0 Å². The zero-order valence-corrected chi connectivity index (χ0v) is 6.55. The van der Waals surface area contributed by atoms with Crippen LogP contribution in [0.15, 0.2) is 6.20 Å². The molecule has 1 rings (SSSR count). The lowest BCUT2D eigenvalue weighted by atomic mass is 10.4. The molecule has 1 heterocycles. The molecule has 0 atom stereocenters. The standard InChI is InChI=1S/C5H7N3OS/c1-8(2)5(9)4-3-6-10-7-4/h3H,1-2H3. The maximum absolute atomic E-state index is 11.0. The van der Waals surface area contributed by atoms with Crippen molar-refractivity contribution in [1.29, 1.82) is 0 Å². The van der Waals surface area contributed by atoms with Crippen LogP contribution in [0, 0.1) is 0 Å². The smallest absolute Gasteiger partial charge is 0.274 e. The first kappa shape index (κ1) is 7.14. The fourth-order valence-corrected chi connectivity index (χ4v) is 0.895. The molecule has 0 fully saturated rings. The van der Waals surface area contributed by atoms with Crippen LogP contribution in [0.5, 0.6) is 0 Å². The summed E-state index contributed by atoms with van der Waals surface area (Å²) in [5.41, 5.74) is 0.412. The molecule has 1 amide bonds. The van der Waals surface area contributed by atoms with Crippen LogP contribution in [0.25, 0.3) is 0 Å². The van der Waals surface area contributed by atoms with E-state index in [1.165, 1.54) is 11.1 Å². The van der Waals surface area contributed by atoms with Gasteiger partial charge in [-0.05, 0) is 0 Å². The second kappa shape index (κ2) is 2.74. The Bertz CT molecular complexity index is 219. The van der Waals surface area contributed by atoms with E-state index in [4.69, 9.17) is 0 Å². The minimum absolute atomic E-state index is 0.103. The van der Waals surface area contributed by atoms with Gasteiger partial charge in [-0.15, -0.1) is 0 Å². The van der Waals surface area contributed by atoms with Crippen molar-refractivity contribution in [2.45, 2.75) is 0 Å². The lowest BCUT2D eigenvalue weighted by Gasteiger charge is -2.05. The van der Waals surface area contributed by atoms with Crippen LogP contribution in [-0.4, -0.2) is 33.6 Å². The number of amides is 1. The predicted octanol–water partition coefficient (Wildman–Crippen LogP) is 0.240. The summed E-state index contributed by atoms with van der Waals surface area (Å²) < 4.78 is 7.49. The molecule has 0 aliphatic heterocycles. The van der Waals surface area contributed by atoms with Crippen LogP contribution in [0.3, 0.4) is 0 Å². The van der Waals surface area contributed by atoms with Crippen molar-refractivity contribution < 1.29 is 4.79 Å². The second-order valence-corrected chi connectivity index (χ2v) is 2.55. The molecule has 54 valence electrons. The third-order valence-electron chi connectivity index (χ3n) is 0.987. The minimum atomic E-state index is -0.103. The van der Waals surface area contributed by atoms with Crippen LogP contribution in [-0.2, 0) is 0 Å². The molecule has 5 heteroatoms. The van der Waals surface area contributed by atoms with Crippen LogP contribution in [0.2, 0.25) is 0 Å². The van der Waals surface area contributed by atoms with E-state index in [-0.39, 0.29) is 5.91 Å². The van der Waals surface area contributed by atoms with Gasteiger partial charge in [-0.3, -0.25) is 4.79 Å². The molecular weight excluding hydrogens is 150 g/mol. The molecule has 0 spiro atoms. The monoisotopic (exact) mass is 157 g/mol. The average molecular weight is 157 g/mol. The highest BCUT2D eigenvalue weighted by atomic mass is 32.1. The van der Waals surface area contributed by atoms with Crippen molar-refractivity contribution in [3.8, 4) is 0 Å². The first-order valence-corrected chi connectivity index (χ1v) is 3.44. The Hall–Kier alpha value is -0.970. The van der Waals surface area contributed by atoms with Gasteiger partial charge in [0.2, 0.25) is 0 Å². The summed E-state index contributed by atoms with van der Waals surface area (Å²) in [6, 6.07) is 0. The molecule has 0 unspecified atom stereocenters. The van der Waals surface area contributed by atoms with Crippen LogP contribution < -0.4 is 0 Å². The number of aromatic nitrogens is 2. The third-order valence-corrected chi connectivity index (χ3v) is 1.46. The molecule has 0 aliphatic carbocycles. The van der Waals surface area contributed by atoms with Crippen LogP contribution in [0.1, 0.15) is 10.5 Å². The van der Waals surface area contributed by atoms with E-state index in [1.807, 2.05) is 0 Å². The first-order valence-electron chi connectivity index (χ1n) is 2.71. The van der Waals surface area contributed by atoms with Gasteiger partial charge in [0.15, 0.2) is 5.69 Å². The highest BCUT2D eigenvalue weighted by Crippen LogP contribution is 1.97. The Kier molecular flexibility index (Phi) is 1.96. The molecule has 0 radical (unpaired) electrons. The van der Waals surface area contributed by atoms with Gasteiger partial charge in [0.1, 0.15) is 0 Å². The quantitative estimate of drug-likeness (QED) is 0.586. The summed E-state index contributed by atoms with van der Waals surface area (Å²) in [4.78, 5) is 12.5. The van der Waals surface area contributed by atoms with E-state index in [0.717, 1.165) is 11.7 Å². The SMILES string of the molecule is CN(C)C(=O)c1cnsn1. The summed E-state index contributed by atoms with van der Waals surface area (Å²) in [6.45, 7) is 0. The molecule has 0 aliphatic rings. The summed E-state index contributed by atoms with van der Waals surface area (Å²) >= 11 is 1.04. The van der Waals surface area contributed by atoms with E-state index in [9.17, 15) is 4.79 Å². The number of nitrogens with zero attached hydrogens (tertiary/aromatic N) is 3. The molecule has 0 saturated carbocycles. The van der Waals surface area contributed by atoms with E-state index in [2.05, 4.69) is 8.75 Å². The first-order chi connectivity index (χ1) is 4.72. The number of hydrogen-bond donors (Lipinski definition) is 0. The van der Waals surface area contributed by atoms with Crippen molar-refractivity contribution in [3.63, 3.8) is 0 Å². The number of carbonyl (C=O) groups is 1. The fourth-order valence-electron chi connectivity index (χ4n) is 0.488. The summed E-state index contributed by atoms with van der Waals surface area (Å²) in [6.07, 6.45) is 1.47. The zero-order valence-electron chi connectivity index (χ0n) is 5.74. The molecule has 1 aromatic rings. The molecular formula is C5H7N3OS. The maximum Gasteiger partial charge on any atom is 0.274 e. The summed E-state index contributed by atoms with van der Waals surface area (Å²) in [5.74, 6) is -0.103. The molecule has 0 bridgehead atoms. The molecule has 4 nitrogen and oxygen atoms in total. The Morgan fingerprint density at radius 2 is 2.40 bits per heavy atom. The summed E-state index contributed by atoms with van der Waals surface area (Å²) in [5, 5.41) is 0.